The van der Waals surface area contributed by atoms with E-state index >= 15 is 0 Å². The smallest absolute Gasteiger partial charge is 0.407 e. The molecule has 0 spiro atoms. The summed E-state index contributed by atoms with van der Waals surface area (Å²) in [4.78, 5) is 11.1. The Bertz CT molecular complexity index is 170. The highest BCUT2D eigenvalue weighted by Gasteiger charge is 2.13. The fraction of sp³-hybridized carbons (Fsp3) is 0.700. The molecule has 0 fully saturated rings. The average molecular weight is 185 g/mol. The van der Waals surface area contributed by atoms with E-state index in [0.717, 1.165) is 12.8 Å². The van der Waals surface area contributed by atoms with Gasteiger partial charge in [0.1, 0.15) is 0 Å². The zero-order chi connectivity index (χ0) is 10.3. The van der Waals surface area contributed by atoms with Crippen LogP contribution in [0.1, 0.15) is 33.6 Å². The third-order valence-corrected chi connectivity index (χ3v) is 1.26. The second-order valence-electron chi connectivity index (χ2n) is 3.94. The molecule has 0 rings (SSSR count). The topological polar surface area (TPSA) is 38.3 Å². The number of hydrogen-bond donors (Lipinski definition) is 1. The van der Waals surface area contributed by atoms with Gasteiger partial charge in [-0.25, -0.2) is 4.79 Å². The Hall–Kier alpha value is -0.990. The number of unbranched alkanes of at least 4 members (excludes halogenated alkanes) is 1. The number of amides is 1. The highest BCUT2D eigenvalue weighted by Crippen LogP contribution is 1.99. The summed E-state index contributed by atoms with van der Waals surface area (Å²) in [6.07, 6.45) is 3.17. The monoisotopic (exact) mass is 185 g/mol. The molecule has 1 N–H and O–H groups in total. The maximum Gasteiger partial charge on any atom is 0.407 e. The van der Waals surface area contributed by atoms with Crippen molar-refractivity contribution in [2.75, 3.05) is 6.61 Å². The first kappa shape index (κ1) is 12.0. The van der Waals surface area contributed by atoms with Crippen LogP contribution in [0.25, 0.3) is 0 Å². The highest BCUT2D eigenvalue weighted by atomic mass is 16.5. The van der Waals surface area contributed by atoms with Crippen molar-refractivity contribution in [1.29, 1.82) is 0 Å². The normalized spacial score (nSPS) is 10.7. The Morgan fingerprint density at radius 1 is 1.54 bits per heavy atom. The summed E-state index contributed by atoms with van der Waals surface area (Å²) in [6, 6.07) is 0. The van der Waals surface area contributed by atoms with E-state index in [-0.39, 0.29) is 11.6 Å². The molecule has 0 unspecified atom stereocenters. The van der Waals surface area contributed by atoms with E-state index < -0.39 is 0 Å². The first-order chi connectivity index (χ1) is 5.95. The lowest BCUT2D eigenvalue weighted by molar-refractivity contribution is 0.136. The largest absolute Gasteiger partial charge is 0.450 e. The summed E-state index contributed by atoms with van der Waals surface area (Å²) in [6.45, 7) is 9.78. The lowest BCUT2D eigenvalue weighted by atomic mass is 10.1. The zero-order valence-corrected chi connectivity index (χ0v) is 8.72. The lowest BCUT2D eigenvalue weighted by Gasteiger charge is -2.19. The van der Waals surface area contributed by atoms with Crippen LogP contribution in [-0.4, -0.2) is 18.2 Å². The summed E-state index contributed by atoms with van der Waals surface area (Å²) in [5, 5.41) is 2.71. The third kappa shape index (κ3) is 8.92. The number of carbonyl (C=O) groups excluding carboxylic acids is 1. The van der Waals surface area contributed by atoms with E-state index in [0.29, 0.717) is 6.61 Å². The Balaban J connectivity index is 3.47. The Morgan fingerprint density at radius 2 is 2.15 bits per heavy atom. The van der Waals surface area contributed by atoms with Gasteiger partial charge in [-0.15, -0.1) is 6.58 Å². The number of ether oxygens (including phenoxy) is 1. The molecule has 0 heterocycles. The third-order valence-electron chi connectivity index (χ3n) is 1.26. The van der Waals surface area contributed by atoms with Crippen molar-refractivity contribution in [2.45, 2.75) is 39.2 Å². The van der Waals surface area contributed by atoms with Crippen LogP contribution in [0.15, 0.2) is 12.7 Å². The molecule has 1 amide bonds. The number of rotatable bonds is 4. The van der Waals surface area contributed by atoms with Gasteiger partial charge in [0, 0.05) is 5.54 Å². The van der Waals surface area contributed by atoms with Crippen molar-refractivity contribution >= 4 is 6.09 Å². The molecule has 76 valence electrons. The SMILES string of the molecule is C=CCCCOC(=O)NC(C)(C)C. The van der Waals surface area contributed by atoms with Crippen molar-refractivity contribution in [3.05, 3.63) is 12.7 Å². The van der Waals surface area contributed by atoms with E-state index in [1.807, 2.05) is 26.8 Å². The lowest BCUT2D eigenvalue weighted by Crippen LogP contribution is -2.41. The van der Waals surface area contributed by atoms with Gasteiger partial charge in [0.15, 0.2) is 0 Å². The fourth-order valence-corrected chi connectivity index (χ4v) is 0.735. The van der Waals surface area contributed by atoms with Gasteiger partial charge in [-0.2, -0.15) is 0 Å². The minimum Gasteiger partial charge on any atom is -0.450 e. The number of hydrogen-bond acceptors (Lipinski definition) is 2. The number of carbonyl (C=O) groups is 1. The molecule has 3 heteroatoms. The van der Waals surface area contributed by atoms with Gasteiger partial charge in [-0.1, -0.05) is 6.08 Å². The second kappa shape index (κ2) is 5.62. The predicted molar refractivity (Wildman–Crippen MR) is 53.7 cm³/mol. The van der Waals surface area contributed by atoms with Crippen LogP contribution in [-0.2, 0) is 4.74 Å². The van der Waals surface area contributed by atoms with Crippen LogP contribution < -0.4 is 5.32 Å². The molecule has 0 aromatic carbocycles. The molecular formula is C10H19NO2. The maximum atomic E-state index is 11.1. The molecule has 0 saturated heterocycles. The van der Waals surface area contributed by atoms with Gasteiger partial charge in [0.25, 0.3) is 0 Å². The van der Waals surface area contributed by atoms with Crippen LogP contribution in [0.4, 0.5) is 4.79 Å². The van der Waals surface area contributed by atoms with Crippen molar-refractivity contribution in [3.8, 4) is 0 Å². The van der Waals surface area contributed by atoms with Crippen LogP contribution in [0.5, 0.6) is 0 Å². The molecular weight excluding hydrogens is 166 g/mol. The van der Waals surface area contributed by atoms with E-state index in [4.69, 9.17) is 4.74 Å². The molecule has 0 radical (unpaired) electrons. The summed E-state index contributed by atoms with van der Waals surface area (Å²) in [5.41, 5.74) is -0.227. The van der Waals surface area contributed by atoms with Crippen LogP contribution in [0.2, 0.25) is 0 Å². The first-order valence-electron chi connectivity index (χ1n) is 4.51. The molecule has 0 aromatic rings. The van der Waals surface area contributed by atoms with E-state index in [1.165, 1.54) is 0 Å². The summed E-state index contributed by atoms with van der Waals surface area (Å²) >= 11 is 0. The van der Waals surface area contributed by atoms with Gasteiger partial charge in [-0.3, -0.25) is 0 Å². The standard InChI is InChI=1S/C10H19NO2/c1-5-6-7-8-13-9(12)11-10(2,3)4/h5H,1,6-8H2,2-4H3,(H,11,12). The zero-order valence-electron chi connectivity index (χ0n) is 8.72. The van der Waals surface area contributed by atoms with E-state index in [1.54, 1.807) is 0 Å². The predicted octanol–water partition coefficient (Wildman–Crippen LogP) is 2.48. The minimum atomic E-state index is -0.350. The fourth-order valence-electron chi connectivity index (χ4n) is 0.735. The molecule has 0 aliphatic rings. The summed E-state index contributed by atoms with van der Waals surface area (Å²) in [5.74, 6) is 0. The van der Waals surface area contributed by atoms with Crippen LogP contribution >= 0.6 is 0 Å². The van der Waals surface area contributed by atoms with Gasteiger partial charge < -0.3 is 10.1 Å². The maximum absolute atomic E-state index is 11.1. The van der Waals surface area contributed by atoms with Gasteiger partial charge in [0.05, 0.1) is 6.61 Å². The van der Waals surface area contributed by atoms with Crippen LogP contribution in [0.3, 0.4) is 0 Å². The minimum absolute atomic E-state index is 0.227. The van der Waals surface area contributed by atoms with E-state index in [9.17, 15) is 4.79 Å². The number of allylic oxidation sites excluding steroid dienone is 1. The molecule has 0 bridgehead atoms. The van der Waals surface area contributed by atoms with Crippen molar-refractivity contribution in [1.82, 2.24) is 5.32 Å². The quantitative estimate of drug-likeness (QED) is 0.539. The second-order valence-corrected chi connectivity index (χ2v) is 3.94. The van der Waals surface area contributed by atoms with Crippen molar-refractivity contribution in [2.24, 2.45) is 0 Å². The Kier molecular flexibility index (Phi) is 5.19. The molecule has 13 heavy (non-hydrogen) atoms. The van der Waals surface area contributed by atoms with Gasteiger partial charge in [0.2, 0.25) is 0 Å². The van der Waals surface area contributed by atoms with Crippen LogP contribution in [0, 0.1) is 0 Å². The molecule has 0 aromatic heterocycles. The Morgan fingerprint density at radius 3 is 2.62 bits per heavy atom. The molecule has 3 nitrogen and oxygen atoms in total. The molecule has 0 atom stereocenters. The number of nitrogens with one attached hydrogen (secondary N) is 1. The Labute approximate surface area is 80.2 Å². The highest BCUT2D eigenvalue weighted by molar-refractivity contribution is 5.67. The average Bonchev–Trinajstić information content (AvgIpc) is 1.94. The van der Waals surface area contributed by atoms with Crippen molar-refractivity contribution in [3.63, 3.8) is 0 Å². The first-order valence-corrected chi connectivity index (χ1v) is 4.51. The van der Waals surface area contributed by atoms with Crippen molar-refractivity contribution < 1.29 is 9.53 Å². The van der Waals surface area contributed by atoms with E-state index in [2.05, 4.69) is 11.9 Å². The van der Waals surface area contributed by atoms with Gasteiger partial charge in [-0.05, 0) is 33.6 Å². The molecule has 0 aliphatic heterocycles. The summed E-state index contributed by atoms with van der Waals surface area (Å²) in [7, 11) is 0. The molecule has 0 saturated carbocycles. The molecule has 0 aliphatic carbocycles. The summed E-state index contributed by atoms with van der Waals surface area (Å²) < 4.78 is 4.92. The number of alkyl carbamates (subject to hydrolysis) is 1. The van der Waals surface area contributed by atoms with Gasteiger partial charge >= 0.3 is 6.09 Å².